The molecular formula is C12H22O6S. The van der Waals surface area contributed by atoms with Crippen LogP contribution in [0.15, 0.2) is 0 Å². The van der Waals surface area contributed by atoms with Gasteiger partial charge in [0.2, 0.25) is 0 Å². The number of carboxylic acid groups (broad SMARTS) is 1. The summed E-state index contributed by atoms with van der Waals surface area (Å²) in [7, 11) is -1.39. The van der Waals surface area contributed by atoms with E-state index in [1.165, 1.54) is 0 Å². The molecule has 2 atom stereocenters. The van der Waals surface area contributed by atoms with Gasteiger partial charge < -0.3 is 14.6 Å². The van der Waals surface area contributed by atoms with Crippen LogP contribution in [0.5, 0.6) is 0 Å². The fourth-order valence-corrected chi connectivity index (χ4v) is 2.77. The largest absolute Gasteiger partial charge is 0.481 e. The average molecular weight is 294 g/mol. The molecule has 0 aliphatic heterocycles. The molecule has 112 valence electrons. The Morgan fingerprint density at radius 1 is 1.26 bits per heavy atom. The van der Waals surface area contributed by atoms with E-state index in [9.17, 15) is 13.8 Å². The molecule has 0 radical (unpaired) electrons. The van der Waals surface area contributed by atoms with Crippen molar-refractivity contribution in [2.45, 2.75) is 38.4 Å². The third-order valence-corrected chi connectivity index (χ3v) is 4.21. The molecule has 0 rings (SSSR count). The minimum absolute atomic E-state index is 0.0401. The lowest BCUT2D eigenvalue weighted by atomic mass is 10.3. The number of rotatable bonds is 11. The second kappa shape index (κ2) is 10.9. The molecule has 0 bridgehead atoms. The summed E-state index contributed by atoms with van der Waals surface area (Å²) in [6.07, 6.45) is 0.666. The number of carbonyl (C=O) groups is 2. The fraction of sp³-hybridized carbons (Fsp3) is 0.833. The van der Waals surface area contributed by atoms with Crippen LogP contribution >= 0.6 is 0 Å². The van der Waals surface area contributed by atoms with Crippen LogP contribution in [0.2, 0.25) is 0 Å². The lowest BCUT2D eigenvalue weighted by Crippen LogP contribution is -2.30. The van der Waals surface area contributed by atoms with Crippen LogP contribution in [-0.2, 0) is 29.9 Å². The van der Waals surface area contributed by atoms with E-state index in [-0.39, 0.29) is 18.8 Å². The summed E-state index contributed by atoms with van der Waals surface area (Å²) in [5.74, 6) is -1.23. The molecule has 0 aromatic heterocycles. The first-order valence-corrected chi connectivity index (χ1v) is 7.74. The normalized spacial score (nSPS) is 13.8. The Morgan fingerprint density at radius 2 is 1.95 bits per heavy atom. The molecular weight excluding hydrogens is 272 g/mol. The van der Waals surface area contributed by atoms with Crippen molar-refractivity contribution in [3.05, 3.63) is 0 Å². The second-order valence-electron chi connectivity index (χ2n) is 3.84. The SMILES string of the molecule is CCOCCOC(=O)C(CC)S(=O)CCCC(=O)O. The van der Waals surface area contributed by atoms with Gasteiger partial charge in [0.05, 0.1) is 6.61 Å². The van der Waals surface area contributed by atoms with E-state index >= 15 is 0 Å². The Labute approximate surface area is 115 Å². The molecule has 0 saturated carbocycles. The van der Waals surface area contributed by atoms with Gasteiger partial charge in [-0.1, -0.05) is 6.92 Å². The van der Waals surface area contributed by atoms with Crippen LogP contribution in [0.4, 0.5) is 0 Å². The average Bonchev–Trinajstić information content (AvgIpc) is 2.35. The van der Waals surface area contributed by atoms with Gasteiger partial charge in [0.25, 0.3) is 0 Å². The van der Waals surface area contributed by atoms with E-state index in [1.54, 1.807) is 6.92 Å². The fourth-order valence-electron chi connectivity index (χ4n) is 1.41. The van der Waals surface area contributed by atoms with Crippen LogP contribution < -0.4 is 0 Å². The van der Waals surface area contributed by atoms with Gasteiger partial charge in [0, 0.05) is 29.6 Å². The zero-order chi connectivity index (χ0) is 14.7. The van der Waals surface area contributed by atoms with Crippen molar-refractivity contribution in [2.24, 2.45) is 0 Å². The van der Waals surface area contributed by atoms with Gasteiger partial charge in [-0.25, -0.2) is 0 Å². The Kier molecular flexibility index (Phi) is 10.4. The van der Waals surface area contributed by atoms with Crippen molar-refractivity contribution < 1.29 is 28.4 Å². The first-order valence-electron chi connectivity index (χ1n) is 6.36. The van der Waals surface area contributed by atoms with E-state index in [4.69, 9.17) is 14.6 Å². The maximum absolute atomic E-state index is 11.9. The Bertz CT molecular complexity index is 305. The van der Waals surface area contributed by atoms with Gasteiger partial charge >= 0.3 is 11.9 Å². The molecule has 0 fully saturated rings. The quantitative estimate of drug-likeness (QED) is 0.451. The van der Waals surface area contributed by atoms with Crippen LogP contribution in [0.25, 0.3) is 0 Å². The van der Waals surface area contributed by atoms with E-state index < -0.39 is 28.0 Å². The molecule has 2 unspecified atom stereocenters. The van der Waals surface area contributed by atoms with E-state index in [0.717, 1.165) is 0 Å². The van der Waals surface area contributed by atoms with Crippen molar-refractivity contribution in [3.8, 4) is 0 Å². The van der Waals surface area contributed by atoms with Crippen molar-refractivity contribution in [1.29, 1.82) is 0 Å². The van der Waals surface area contributed by atoms with Crippen molar-refractivity contribution in [2.75, 3.05) is 25.6 Å². The summed E-state index contributed by atoms with van der Waals surface area (Å²) in [5, 5.41) is 7.81. The topological polar surface area (TPSA) is 89.9 Å². The summed E-state index contributed by atoms with van der Waals surface area (Å²) in [5.41, 5.74) is 0. The summed E-state index contributed by atoms with van der Waals surface area (Å²) in [4.78, 5) is 22.0. The number of carbonyl (C=O) groups excluding carboxylic acids is 1. The predicted octanol–water partition coefficient (Wildman–Crippen LogP) is 0.958. The zero-order valence-electron chi connectivity index (χ0n) is 11.4. The summed E-state index contributed by atoms with van der Waals surface area (Å²) in [6.45, 7) is 4.62. The molecule has 19 heavy (non-hydrogen) atoms. The maximum atomic E-state index is 11.9. The molecule has 0 aliphatic carbocycles. The second-order valence-corrected chi connectivity index (χ2v) is 5.58. The van der Waals surface area contributed by atoms with Gasteiger partial charge in [-0.3, -0.25) is 13.8 Å². The molecule has 0 aliphatic rings. The number of carboxylic acids is 1. The summed E-state index contributed by atoms with van der Waals surface area (Å²) in [6, 6.07) is 0. The molecule has 7 heteroatoms. The van der Waals surface area contributed by atoms with Crippen LogP contribution in [0.3, 0.4) is 0 Å². The molecule has 0 aromatic rings. The Balaban J connectivity index is 4.04. The number of hydrogen-bond donors (Lipinski definition) is 1. The van der Waals surface area contributed by atoms with Crippen molar-refractivity contribution in [1.82, 2.24) is 0 Å². The van der Waals surface area contributed by atoms with Gasteiger partial charge in [0.1, 0.15) is 11.9 Å². The molecule has 0 spiro atoms. The van der Waals surface area contributed by atoms with Gasteiger partial charge in [-0.15, -0.1) is 0 Å². The van der Waals surface area contributed by atoms with Crippen LogP contribution in [0, 0.1) is 0 Å². The standard InChI is InChI=1S/C12H22O6S/c1-3-10(12(15)18-8-7-17-4-2)19(16)9-5-6-11(13)14/h10H,3-9H2,1-2H3,(H,13,14). The number of esters is 1. The van der Waals surface area contributed by atoms with E-state index in [0.29, 0.717) is 26.1 Å². The highest BCUT2D eigenvalue weighted by Gasteiger charge is 2.24. The highest BCUT2D eigenvalue weighted by molar-refractivity contribution is 7.86. The molecule has 0 saturated heterocycles. The predicted molar refractivity (Wildman–Crippen MR) is 71.4 cm³/mol. The summed E-state index contributed by atoms with van der Waals surface area (Å²) >= 11 is 0. The van der Waals surface area contributed by atoms with Gasteiger partial charge in [0.15, 0.2) is 0 Å². The Hall–Kier alpha value is -0.950. The number of ether oxygens (including phenoxy) is 2. The number of aliphatic carboxylic acids is 1. The first-order chi connectivity index (χ1) is 9.02. The molecule has 0 heterocycles. The third kappa shape index (κ3) is 8.72. The molecule has 0 aromatic carbocycles. The highest BCUT2D eigenvalue weighted by atomic mass is 32.2. The van der Waals surface area contributed by atoms with Crippen LogP contribution in [-0.4, -0.2) is 52.1 Å². The van der Waals surface area contributed by atoms with Crippen molar-refractivity contribution >= 4 is 22.7 Å². The molecule has 0 amide bonds. The Morgan fingerprint density at radius 3 is 2.47 bits per heavy atom. The lowest BCUT2D eigenvalue weighted by molar-refractivity contribution is -0.144. The monoisotopic (exact) mass is 294 g/mol. The summed E-state index contributed by atoms with van der Waals surface area (Å²) < 4.78 is 21.9. The zero-order valence-corrected chi connectivity index (χ0v) is 12.2. The van der Waals surface area contributed by atoms with E-state index in [1.807, 2.05) is 6.92 Å². The smallest absolute Gasteiger partial charge is 0.321 e. The number of hydrogen-bond acceptors (Lipinski definition) is 5. The van der Waals surface area contributed by atoms with Gasteiger partial charge in [-0.2, -0.15) is 0 Å². The first kappa shape index (κ1) is 18.0. The van der Waals surface area contributed by atoms with Gasteiger partial charge in [-0.05, 0) is 19.8 Å². The molecule has 1 N–H and O–H groups in total. The molecule has 6 nitrogen and oxygen atoms in total. The maximum Gasteiger partial charge on any atom is 0.321 e. The minimum Gasteiger partial charge on any atom is -0.481 e. The minimum atomic E-state index is -1.39. The van der Waals surface area contributed by atoms with Crippen LogP contribution in [0.1, 0.15) is 33.1 Å². The van der Waals surface area contributed by atoms with E-state index in [2.05, 4.69) is 0 Å². The lowest BCUT2D eigenvalue weighted by Gasteiger charge is -2.13. The van der Waals surface area contributed by atoms with Crippen molar-refractivity contribution in [3.63, 3.8) is 0 Å². The highest BCUT2D eigenvalue weighted by Crippen LogP contribution is 2.07. The third-order valence-electron chi connectivity index (χ3n) is 2.36.